The summed E-state index contributed by atoms with van der Waals surface area (Å²) in [4.78, 5) is 0. The number of alkyl halides is 3. The first kappa shape index (κ1) is 11.0. The minimum absolute atomic E-state index is 0.0148. The molecule has 14 heavy (non-hydrogen) atoms. The third-order valence-electron chi connectivity index (χ3n) is 3.40. The summed E-state index contributed by atoms with van der Waals surface area (Å²) in [7, 11) is 0. The molecule has 0 amide bonds. The molecule has 1 aliphatic carbocycles. The Kier molecular flexibility index (Phi) is 3.04. The topological polar surface area (TPSA) is 9.23 Å². The van der Waals surface area contributed by atoms with Crippen molar-refractivity contribution in [2.24, 2.45) is 0 Å². The van der Waals surface area contributed by atoms with Gasteiger partial charge in [0.2, 0.25) is 5.92 Å². The minimum atomic E-state index is -2.43. The number of rotatable bonds is 1. The molecule has 0 aromatic heterocycles. The second-order valence-electron chi connectivity index (χ2n) is 4.47. The lowest BCUT2D eigenvalue weighted by molar-refractivity contribution is -0.122. The summed E-state index contributed by atoms with van der Waals surface area (Å²) in [5, 5.41) is 0. The van der Waals surface area contributed by atoms with E-state index in [1.54, 1.807) is 0 Å². The maximum absolute atomic E-state index is 13.0. The summed E-state index contributed by atoms with van der Waals surface area (Å²) in [6.07, 6.45) is 3.47. The highest BCUT2D eigenvalue weighted by atomic mass is 127. The van der Waals surface area contributed by atoms with Gasteiger partial charge in [-0.3, -0.25) is 0 Å². The van der Waals surface area contributed by atoms with Gasteiger partial charge >= 0.3 is 0 Å². The van der Waals surface area contributed by atoms with Gasteiger partial charge in [0, 0.05) is 17.3 Å². The molecule has 1 aliphatic heterocycles. The van der Waals surface area contributed by atoms with E-state index in [-0.39, 0.29) is 18.4 Å². The molecule has 0 aromatic carbocycles. The van der Waals surface area contributed by atoms with Crippen LogP contribution in [0, 0.1) is 0 Å². The molecule has 2 aliphatic rings. The average molecular weight is 316 g/mol. The zero-order chi connectivity index (χ0) is 10.2. The van der Waals surface area contributed by atoms with Gasteiger partial charge in [0.1, 0.15) is 0 Å². The van der Waals surface area contributed by atoms with Crippen molar-refractivity contribution >= 4 is 22.6 Å². The van der Waals surface area contributed by atoms with Crippen LogP contribution in [0.15, 0.2) is 0 Å². The molecule has 1 saturated heterocycles. The van der Waals surface area contributed by atoms with E-state index in [0.29, 0.717) is 18.9 Å². The Morgan fingerprint density at radius 2 is 1.79 bits per heavy atom. The summed E-state index contributed by atoms with van der Waals surface area (Å²) < 4.78 is 32.8. The van der Waals surface area contributed by atoms with Gasteiger partial charge in [-0.2, -0.15) is 0 Å². The molecule has 1 saturated carbocycles. The predicted octanol–water partition coefficient (Wildman–Crippen LogP) is 3.55. The Bertz CT molecular complexity index is 210. The van der Waals surface area contributed by atoms with Crippen molar-refractivity contribution in [2.75, 3.05) is 4.43 Å². The van der Waals surface area contributed by atoms with Crippen LogP contribution in [-0.4, -0.2) is 22.1 Å². The van der Waals surface area contributed by atoms with Gasteiger partial charge in [0.25, 0.3) is 0 Å². The van der Waals surface area contributed by atoms with E-state index in [1.807, 2.05) is 0 Å². The summed E-state index contributed by atoms with van der Waals surface area (Å²) in [5.41, 5.74) is -0.183. The maximum Gasteiger partial charge on any atom is 0.248 e. The van der Waals surface area contributed by atoms with E-state index in [0.717, 1.165) is 17.3 Å². The molecule has 0 radical (unpaired) electrons. The van der Waals surface area contributed by atoms with Gasteiger partial charge in [0.05, 0.1) is 11.7 Å². The van der Waals surface area contributed by atoms with E-state index >= 15 is 0 Å². The molecule has 0 bridgehead atoms. The summed E-state index contributed by atoms with van der Waals surface area (Å²) in [6, 6.07) is 0. The first-order valence-electron chi connectivity index (χ1n) is 5.17. The van der Waals surface area contributed by atoms with Crippen LogP contribution in [0.5, 0.6) is 0 Å². The van der Waals surface area contributed by atoms with E-state index in [4.69, 9.17) is 4.74 Å². The zero-order valence-electron chi connectivity index (χ0n) is 8.07. The van der Waals surface area contributed by atoms with Crippen molar-refractivity contribution in [1.29, 1.82) is 0 Å². The lowest BCUT2D eigenvalue weighted by atomic mass is 9.81. The van der Waals surface area contributed by atoms with Crippen LogP contribution >= 0.6 is 22.6 Å². The standard InChI is InChI=1S/C10H15F2IO/c11-10(12)5-3-9(4-6-10)2-1-8(7-13)14-9/h8H,1-7H2. The molecule has 4 heteroatoms. The Labute approximate surface area is 96.7 Å². The van der Waals surface area contributed by atoms with Crippen molar-refractivity contribution in [2.45, 2.75) is 56.2 Å². The first-order chi connectivity index (χ1) is 6.55. The van der Waals surface area contributed by atoms with Crippen molar-refractivity contribution in [3.05, 3.63) is 0 Å². The van der Waals surface area contributed by atoms with Crippen molar-refractivity contribution in [3.63, 3.8) is 0 Å². The van der Waals surface area contributed by atoms with Crippen molar-refractivity contribution < 1.29 is 13.5 Å². The van der Waals surface area contributed by atoms with Crippen molar-refractivity contribution in [3.8, 4) is 0 Å². The normalized spacial score (nSPS) is 34.9. The molecular weight excluding hydrogens is 301 g/mol. The number of halogens is 3. The van der Waals surface area contributed by atoms with Gasteiger partial charge in [0.15, 0.2) is 0 Å². The monoisotopic (exact) mass is 316 g/mol. The summed E-state index contributed by atoms with van der Waals surface area (Å²) in [6.45, 7) is 0. The van der Waals surface area contributed by atoms with Gasteiger partial charge in [-0.1, -0.05) is 22.6 Å². The fourth-order valence-corrected chi connectivity index (χ4v) is 3.06. The molecule has 0 aromatic rings. The molecule has 1 atom stereocenters. The minimum Gasteiger partial charge on any atom is -0.371 e. The fraction of sp³-hybridized carbons (Fsp3) is 1.00. The smallest absolute Gasteiger partial charge is 0.248 e. The maximum atomic E-state index is 13.0. The lowest BCUT2D eigenvalue weighted by Crippen LogP contribution is -2.38. The third-order valence-corrected chi connectivity index (χ3v) is 4.39. The van der Waals surface area contributed by atoms with Crippen molar-refractivity contribution in [1.82, 2.24) is 0 Å². The molecule has 2 fully saturated rings. The van der Waals surface area contributed by atoms with E-state index in [2.05, 4.69) is 22.6 Å². The highest BCUT2D eigenvalue weighted by Gasteiger charge is 2.47. The van der Waals surface area contributed by atoms with Crippen LogP contribution in [0.1, 0.15) is 38.5 Å². The molecule has 1 heterocycles. The predicted molar refractivity (Wildman–Crippen MR) is 59.1 cm³/mol. The van der Waals surface area contributed by atoms with Crippen LogP contribution < -0.4 is 0 Å². The van der Waals surface area contributed by atoms with Gasteiger partial charge in [-0.25, -0.2) is 8.78 Å². The van der Waals surface area contributed by atoms with Gasteiger partial charge in [-0.05, 0) is 25.7 Å². The van der Waals surface area contributed by atoms with Crippen LogP contribution in [0.2, 0.25) is 0 Å². The molecule has 1 spiro atoms. The highest BCUT2D eigenvalue weighted by molar-refractivity contribution is 14.1. The lowest BCUT2D eigenvalue weighted by Gasteiger charge is -2.36. The average Bonchev–Trinajstić information content (AvgIpc) is 2.56. The molecule has 82 valence electrons. The van der Waals surface area contributed by atoms with Crippen LogP contribution in [0.3, 0.4) is 0 Å². The summed E-state index contributed by atoms with van der Waals surface area (Å²) >= 11 is 2.30. The number of hydrogen-bond acceptors (Lipinski definition) is 1. The quantitative estimate of drug-likeness (QED) is 0.531. The number of hydrogen-bond donors (Lipinski definition) is 0. The zero-order valence-corrected chi connectivity index (χ0v) is 10.2. The Balaban J connectivity index is 1.94. The Morgan fingerprint density at radius 3 is 2.29 bits per heavy atom. The van der Waals surface area contributed by atoms with Crippen LogP contribution in [0.4, 0.5) is 8.78 Å². The van der Waals surface area contributed by atoms with E-state index in [9.17, 15) is 8.78 Å². The largest absolute Gasteiger partial charge is 0.371 e. The Morgan fingerprint density at radius 1 is 1.14 bits per heavy atom. The first-order valence-corrected chi connectivity index (χ1v) is 6.69. The molecule has 1 unspecified atom stereocenters. The number of ether oxygens (including phenoxy) is 1. The second kappa shape index (κ2) is 3.85. The van der Waals surface area contributed by atoms with Gasteiger partial charge in [-0.15, -0.1) is 0 Å². The second-order valence-corrected chi connectivity index (χ2v) is 5.35. The molecule has 1 nitrogen and oxygen atoms in total. The third kappa shape index (κ3) is 2.21. The fourth-order valence-electron chi connectivity index (χ4n) is 2.44. The van der Waals surface area contributed by atoms with Crippen LogP contribution in [-0.2, 0) is 4.74 Å². The Hall–Kier alpha value is 0.550. The van der Waals surface area contributed by atoms with E-state index in [1.165, 1.54) is 0 Å². The molecular formula is C10H15F2IO. The van der Waals surface area contributed by atoms with Gasteiger partial charge < -0.3 is 4.74 Å². The highest BCUT2D eigenvalue weighted by Crippen LogP contribution is 2.46. The SMILES string of the molecule is FC1(F)CCC2(CCC(CI)O2)CC1. The molecule has 0 N–H and O–H groups in total. The summed E-state index contributed by atoms with van der Waals surface area (Å²) in [5.74, 6) is -2.43. The van der Waals surface area contributed by atoms with Crippen LogP contribution in [0.25, 0.3) is 0 Å². The molecule has 2 rings (SSSR count). The van der Waals surface area contributed by atoms with E-state index < -0.39 is 5.92 Å².